The standard InChI is InChI=1S/C12H14FNO3/c1-2-14(8-12(16)17)11(15)7-9-4-3-5-10(13)6-9/h3-6H,2,7-8H2,1H3,(H,16,17). The molecule has 0 spiro atoms. The Labute approximate surface area is 98.7 Å². The molecule has 0 radical (unpaired) electrons. The van der Waals surface area contributed by atoms with E-state index in [1.807, 2.05) is 0 Å². The van der Waals surface area contributed by atoms with Crippen LogP contribution in [0.2, 0.25) is 0 Å². The quantitative estimate of drug-likeness (QED) is 0.842. The van der Waals surface area contributed by atoms with Crippen molar-refractivity contribution >= 4 is 11.9 Å². The van der Waals surface area contributed by atoms with Gasteiger partial charge in [-0.1, -0.05) is 12.1 Å². The largest absolute Gasteiger partial charge is 0.480 e. The van der Waals surface area contributed by atoms with Crippen molar-refractivity contribution in [2.75, 3.05) is 13.1 Å². The van der Waals surface area contributed by atoms with Crippen LogP contribution in [0.25, 0.3) is 0 Å². The molecule has 0 aliphatic rings. The normalized spacial score (nSPS) is 10.0. The Hall–Kier alpha value is -1.91. The summed E-state index contributed by atoms with van der Waals surface area (Å²) >= 11 is 0. The van der Waals surface area contributed by atoms with Crippen molar-refractivity contribution in [3.63, 3.8) is 0 Å². The molecule has 0 atom stereocenters. The molecular formula is C12H14FNO3. The fraction of sp³-hybridized carbons (Fsp3) is 0.333. The molecule has 0 aliphatic heterocycles. The summed E-state index contributed by atoms with van der Waals surface area (Å²) < 4.78 is 12.9. The van der Waals surface area contributed by atoms with Gasteiger partial charge in [0.1, 0.15) is 12.4 Å². The second-order valence-corrected chi connectivity index (χ2v) is 3.61. The SMILES string of the molecule is CCN(CC(=O)O)C(=O)Cc1cccc(F)c1. The molecule has 0 aromatic heterocycles. The number of carboxylic acid groups (broad SMARTS) is 1. The van der Waals surface area contributed by atoms with Crippen LogP contribution in [0.1, 0.15) is 12.5 Å². The first-order valence-corrected chi connectivity index (χ1v) is 5.27. The van der Waals surface area contributed by atoms with Gasteiger partial charge in [-0.05, 0) is 24.6 Å². The number of rotatable bonds is 5. The van der Waals surface area contributed by atoms with E-state index in [2.05, 4.69) is 0 Å². The number of halogens is 1. The number of benzene rings is 1. The molecule has 0 unspecified atom stereocenters. The maximum Gasteiger partial charge on any atom is 0.323 e. The molecule has 17 heavy (non-hydrogen) atoms. The number of likely N-dealkylation sites (N-methyl/N-ethyl adjacent to an activating group) is 1. The summed E-state index contributed by atoms with van der Waals surface area (Å²) in [7, 11) is 0. The van der Waals surface area contributed by atoms with E-state index in [0.717, 1.165) is 0 Å². The second kappa shape index (κ2) is 5.98. The average molecular weight is 239 g/mol. The lowest BCUT2D eigenvalue weighted by atomic mass is 10.1. The first-order valence-electron chi connectivity index (χ1n) is 5.27. The molecule has 1 rings (SSSR count). The van der Waals surface area contributed by atoms with E-state index in [1.54, 1.807) is 13.0 Å². The number of hydrogen-bond acceptors (Lipinski definition) is 2. The Balaban J connectivity index is 2.67. The van der Waals surface area contributed by atoms with Crippen LogP contribution in [0.3, 0.4) is 0 Å². The molecule has 1 aromatic carbocycles. The summed E-state index contributed by atoms with van der Waals surface area (Å²) in [6.07, 6.45) is 0.0128. The highest BCUT2D eigenvalue weighted by Crippen LogP contribution is 2.06. The lowest BCUT2D eigenvalue weighted by molar-refractivity contribution is -0.144. The zero-order valence-corrected chi connectivity index (χ0v) is 9.52. The Morgan fingerprint density at radius 1 is 1.41 bits per heavy atom. The molecule has 0 bridgehead atoms. The average Bonchev–Trinajstić information content (AvgIpc) is 2.25. The number of nitrogens with zero attached hydrogens (tertiary/aromatic N) is 1. The predicted octanol–water partition coefficient (Wildman–Crippen LogP) is 1.30. The van der Waals surface area contributed by atoms with Gasteiger partial charge < -0.3 is 10.0 Å². The van der Waals surface area contributed by atoms with Gasteiger partial charge in [0.15, 0.2) is 0 Å². The van der Waals surface area contributed by atoms with Gasteiger partial charge in [0.05, 0.1) is 6.42 Å². The number of hydrogen-bond donors (Lipinski definition) is 1. The fourth-order valence-electron chi connectivity index (χ4n) is 1.47. The third kappa shape index (κ3) is 4.22. The molecule has 0 saturated heterocycles. The van der Waals surface area contributed by atoms with E-state index in [0.29, 0.717) is 12.1 Å². The van der Waals surface area contributed by atoms with Crippen molar-refractivity contribution in [1.82, 2.24) is 4.90 Å². The molecule has 4 nitrogen and oxygen atoms in total. The van der Waals surface area contributed by atoms with Gasteiger partial charge in [0, 0.05) is 6.54 Å². The Kier molecular flexibility index (Phi) is 4.63. The van der Waals surface area contributed by atoms with E-state index in [4.69, 9.17) is 5.11 Å². The third-order valence-electron chi connectivity index (χ3n) is 2.30. The lowest BCUT2D eigenvalue weighted by Gasteiger charge is -2.18. The van der Waals surface area contributed by atoms with E-state index in [1.165, 1.54) is 23.1 Å². The monoisotopic (exact) mass is 239 g/mol. The van der Waals surface area contributed by atoms with Crippen LogP contribution < -0.4 is 0 Å². The van der Waals surface area contributed by atoms with Crippen molar-refractivity contribution in [2.24, 2.45) is 0 Å². The summed E-state index contributed by atoms with van der Waals surface area (Å²) in [5.74, 6) is -1.78. The van der Waals surface area contributed by atoms with Gasteiger partial charge in [-0.15, -0.1) is 0 Å². The maximum absolute atomic E-state index is 12.9. The van der Waals surface area contributed by atoms with Crippen molar-refractivity contribution in [3.8, 4) is 0 Å². The Bertz CT molecular complexity index is 420. The van der Waals surface area contributed by atoms with Crippen molar-refractivity contribution in [3.05, 3.63) is 35.6 Å². The van der Waals surface area contributed by atoms with Gasteiger partial charge >= 0.3 is 5.97 Å². The summed E-state index contributed by atoms with van der Waals surface area (Å²) in [5.41, 5.74) is 0.541. The molecule has 0 heterocycles. The Morgan fingerprint density at radius 2 is 2.12 bits per heavy atom. The van der Waals surface area contributed by atoms with Gasteiger partial charge in [-0.2, -0.15) is 0 Å². The van der Waals surface area contributed by atoms with Gasteiger partial charge in [0.2, 0.25) is 5.91 Å². The number of carbonyl (C=O) groups is 2. The summed E-state index contributed by atoms with van der Waals surface area (Å²) in [6.45, 7) is 1.69. The number of amides is 1. The third-order valence-corrected chi connectivity index (χ3v) is 2.30. The summed E-state index contributed by atoms with van der Waals surface area (Å²) in [4.78, 5) is 23.5. The number of aliphatic carboxylic acids is 1. The summed E-state index contributed by atoms with van der Waals surface area (Å²) in [6, 6.07) is 5.72. The van der Waals surface area contributed by atoms with Crippen LogP contribution in [0.5, 0.6) is 0 Å². The second-order valence-electron chi connectivity index (χ2n) is 3.61. The molecular weight excluding hydrogens is 225 g/mol. The van der Waals surface area contributed by atoms with E-state index >= 15 is 0 Å². The molecule has 0 saturated carbocycles. The molecule has 1 amide bonds. The zero-order chi connectivity index (χ0) is 12.8. The lowest BCUT2D eigenvalue weighted by Crippen LogP contribution is -2.36. The van der Waals surface area contributed by atoms with Crippen LogP contribution in [0.4, 0.5) is 4.39 Å². The van der Waals surface area contributed by atoms with E-state index in [-0.39, 0.29) is 18.9 Å². The van der Waals surface area contributed by atoms with E-state index in [9.17, 15) is 14.0 Å². The maximum atomic E-state index is 12.9. The molecule has 1 aromatic rings. The minimum Gasteiger partial charge on any atom is -0.480 e. The van der Waals surface area contributed by atoms with Gasteiger partial charge in [-0.3, -0.25) is 9.59 Å². The highest BCUT2D eigenvalue weighted by Gasteiger charge is 2.15. The van der Waals surface area contributed by atoms with Crippen LogP contribution in [0.15, 0.2) is 24.3 Å². The van der Waals surface area contributed by atoms with Gasteiger partial charge in [0.25, 0.3) is 0 Å². The topological polar surface area (TPSA) is 57.6 Å². The molecule has 1 N–H and O–H groups in total. The van der Waals surface area contributed by atoms with Crippen LogP contribution >= 0.6 is 0 Å². The van der Waals surface area contributed by atoms with Crippen molar-refractivity contribution in [1.29, 1.82) is 0 Å². The van der Waals surface area contributed by atoms with Crippen LogP contribution in [0, 0.1) is 5.82 Å². The predicted molar refractivity (Wildman–Crippen MR) is 60.0 cm³/mol. The van der Waals surface area contributed by atoms with Crippen LogP contribution in [-0.4, -0.2) is 35.0 Å². The molecule has 5 heteroatoms. The van der Waals surface area contributed by atoms with Crippen molar-refractivity contribution < 1.29 is 19.1 Å². The zero-order valence-electron chi connectivity index (χ0n) is 9.52. The van der Waals surface area contributed by atoms with Gasteiger partial charge in [-0.25, -0.2) is 4.39 Å². The van der Waals surface area contributed by atoms with E-state index < -0.39 is 11.8 Å². The summed E-state index contributed by atoms with van der Waals surface area (Å²) in [5, 5.41) is 8.62. The minimum absolute atomic E-state index is 0.0128. The van der Waals surface area contributed by atoms with Crippen molar-refractivity contribution in [2.45, 2.75) is 13.3 Å². The first kappa shape index (κ1) is 13.2. The Morgan fingerprint density at radius 3 is 2.65 bits per heavy atom. The smallest absolute Gasteiger partial charge is 0.323 e. The molecule has 0 fully saturated rings. The molecule has 0 aliphatic carbocycles. The number of carbonyl (C=O) groups excluding carboxylic acids is 1. The minimum atomic E-state index is -1.06. The van der Waals surface area contributed by atoms with Crippen LogP contribution in [-0.2, 0) is 16.0 Å². The number of carboxylic acids is 1. The fourth-order valence-corrected chi connectivity index (χ4v) is 1.47. The highest BCUT2D eigenvalue weighted by atomic mass is 19.1. The first-order chi connectivity index (χ1) is 8.02. The highest BCUT2D eigenvalue weighted by molar-refractivity contribution is 5.82. The molecule has 92 valence electrons.